The third-order valence-electron chi connectivity index (χ3n) is 18.0. The summed E-state index contributed by atoms with van der Waals surface area (Å²) in [6.07, 6.45) is 5.48. The number of anilines is 1. The number of halogens is 2. The molecule has 71 heavy (non-hydrogen) atoms. The number of morpholine rings is 1. The summed E-state index contributed by atoms with van der Waals surface area (Å²) in [5.74, 6) is -5.98. The molecule has 7 aliphatic rings. The Hall–Kier alpha value is -4.65. The first-order valence-electron chi connectivity index (χ1n) is 25.7. The number of alkyl halides is 2. The van der Waals surface area contributed by atoms with E-state index in [0.717, 1.165) is 80.3 Å². The fourth-order valence-electron chi connectivity index (χ4n) is 15.1. The molecule has 15 nitrogen and oxygen atoms in total. The number of hydrogen-bond acceptors (Lipinski definition) is 14. The van der Waals surface area contributed by atoms with Crippen LogP contribution in [0, 0.1) is 17.3 Å². The summed E-state index contributed by atoms with van der Waals surface area (Å²) in [5, 5.41) is 18.1. The molecule has 3 saturated heterocycles. The summed E-state index contributed by atoms with van der Waals surface area (Å²) in [6.45, 7) is 12.7. The summed E-state index contributed by atoms with van der Waals surface area (Å²) in [6, 6.07) is 8.92. The topological polar surface area (TPSA) is 158 Å². The molecule has 17 heteroatoms. The number of carbonyl (C=O) groups is 3. The van der Waals surface area contributed by atoms with Crippen LogP contribution in [0.5, 0.6) is 5.75 Å². The Labute approximate surface area is 415 Å². The standard InChI is InChI=1S/C54H72F2N6O9/c1-8-51-14-9-18-62-20-15-52(45(51)62)39-27-40(43(67-5)28-42(39)59(4)46(52)54(66,49(65)69-7)47(51)71-33(2)63)53(48(64)68-6)29-35-25-36(50(3,55)56)32-61(31-35)19-13-37-38-26-34(11-12-41(38)58-44(37)53)30-57-16-10-17-60-21-23-70-24-22-60/h9,11-12,14,26-28,35-36,45-47,57-58,66H,8,10,13,15-25,29-32H2,1-7H3/t35?,36?,45?,46?,47-,51-,52?,53-,54+/m0/s1. The van der Waals surface area contributed by atoms with Crippen molar-refractivity contribution >= 4 is 34.5 Å². The van der Waals surface area contributed by atoms with Crippen molar-refractivity contribution in [2.24, 2.45) is 17.3 Å². The number of H-pyrrole nitrogens is 1. The molecule has 3 aromatic rings. The molecule has 4 fully saturated rings. The van der Waals surface area contributed by atoms with E-state index >= 15 is 13.6 Å². The van der Waals surface area contributed by atoms with Gasteiger partial charge >= 0.3 is 17.9 Å². The number of nitrogens with one attached hydrogen (secondary N) is 2. The van der Waals surface area contributed by atoms with Crippen LogP contribution in [0.4, 0.5) is 14.5 Å². The summed E-state index contributed by atoms with van der Waals surface area (Å²) < 4.78 is 60.9. The van der Waals surface area contributed by atoms with Crippen LogP contribution < -0.4 is 15.0 Å². The number of likely N-dealkylation sites (N-methyl/N-ethyl adjacent to an activating group) is 1. The number of ether oxygens (including phenoxy) is 5. The second-order valence-corrected chi connectivity index (χ2v) is 21.7. The van der Waals surface area contributed by atoms with Crippen LogP contribution in [0.2, 0.25) is 0 Å². The fraction of sp³-hybridized carbons (Fsp3) is 0.648. The normalized spacial score (nSPS) is 33.5. The number of nitrogens with zero attached hydrogens (tertiary/aromatic N) is 4. The predicted molar refractivity (Wildman–Crippen MR) is 263 cm³/mol. The quantitative estimate of drug-likeness (QED) is 0.0917. The Morgan fingerprint density at radius 3 is 2.48 bits per heavy atom. The Kier molecular flexibility index (Phi) is 13.1. The molecule has 386 valence electrons. The SMILES string of the molecule is CC[C@@]12C=CCN3CCC4(c5cc([C@@]6(C(=O)OC)CC7CC(C(C)(F)F)CN(CCc8c6[nH]c6ccc(CNCCCN9CCOCC9)cc86)C7)c(OC)cc5N(C)C4[C@](O)(C(=O)OC)[C@H]1OC(C)=O)C32. The van der Waals surface area contributed by atoms with Gasteiger partial charge in [-0.15, -0.1) is 0 Å². The number of rotatable bonds is 13. The van der Waals surface area contributed by atoms with Gasteiger partial charge in [0, 0.05) is 116 Å². The molecule has 1 spiro atoms. The number of benzene rings is 2. The third-order valence-corrected chi connectivity index (χ3v) is 18.0. The molecule has 1 aromatic heterocycles. The van der Waals surface area contributed by atoms with Gasteiger partial charge in [-0.1, -0.05) is 25.1 Å². The van der Waals surface area contributed by atoms with Crippen molar-refractivity contribution in [3.05, 3.63) is 70.4 Å². The fourth-order valence-corrected chi connectivity index (χ4v) is 15.1. The Morgan fingerprint density at radius 2 is 1.77 bits per heavy atom. The van der Waals surface area contributed by atoms with E-state index in [9.17, 15) is 14.7 Å². The van der Waals surface area contributed by atoms with Crippen molar-refractivity contribution in [2.45, 2.75) is 106 Å². The molecule has 10 atom stereocenters. The highest BCUT2D eigenvalue weighted by molar-refractivity contribution is 5.95. The lowest BCUT2D eigenvalue weighted by Crippen LogP contribution is -2.81. The first kappa shape index (κ1) is 49.9. The zero-order valence-electron chi connectivity index (χ0n) is 42.4. The van der Waals surface area contributed by atoms with Crippen LogP contribution in [0.15, 0.2) is 42.5 Å². The molecule has 3 N–H and O–H groups in total. The number of aromatic amines is 1. The molecule has 6 unspecified atom stereocenters. The van der Waals surface area contributed by atoms with E-state index in [4.69, 9.17) is 23.7 Å². The zero-order chi connectivity index (χ0) is 50.3. The van der Waals surface area contributed by atoms with Gasteiger partial charge in [0.05, 0.1) is 40.6 Å². The smallest absolute Gasteiger partial charge is 0.344 e. The second-order valence-electron chi connectivity index (χ2n) is 21.7. The van der Waals surface area contributed by atoms with Crippen molar-refractivity contribution in [3.8, 4) is 5.75 Å². The first-order chi connectivity index (χ1) is 34.0. The van der Waals surface area contributed by atoms with Gasteiger partial charge in [-0.05, 0) is 106 Å². The van der Waals surface area contributed by atoms with Gasteiger partial charge in [0.1, 0.15) is 11.2 Å². The van der Waals surface area contributed by atoms with Crippen molar-refractivity contribution in [1.29, 1.82) is 0 Å². The van der Waals surface area contributed by atoms with Crippen LogP contribution in [0.25, 0.3) is 10.9 Å². The maximum atomic E-state index is 15.6. The van der Waals surface area contributed by atoms with Gasteiger partial charge < -0.3 is 48.9 Å². The molecule has 2 aromatic carbocycles. The molecule has 0 radical (unpaired) electrons. The summed E-state index contributed by atoms with van der Waals surface area (Å²) in [4.78, 5) is 55.9. The van der Waals surface area contributed by atoms with Crippen LogP contribution in [-0.4, -0.2) is 173 Å². The molecular weight excluding hydrogens is 915 g/mol. The number of methoxy groups -OCH3 is 3. The monoisotopic (exact) mass is 987 g/mol. The van der Waals surface area contributed by atoms with E-state index in [-0.39, 0.29) is 31.3 Å². The average molecular weight is 987 g/mol. The Balaban J connectivity index is 1.17. The molecular formula is C54H72F2N6O9. The van der Waals surface area contributed by atoms with Crippen molar-refractivity contribution in [1.82, 2.24) is 25.0 Å². The van der Waals surface area contributed by atoms with E-state index in [2.05, 4.69) is 43.2 Å². The molecule has 0 amide bonds. The maximum Gasteiger partial charge on any atom is 0.344 e. The van der Waals surface area contributed by atoms with E-state index in [1.54, 1.807) is 7.11 Å². The summed E-state index contributed by atoms with van der Waals surface area (Å²) in [5.41, 5.74) is -0.544. The van der Waals surface area contributed by atoms with Crippen LogP contribution in [-0.2, 0) is 57.1 Å². The Bertz CT molecular complexity index is 2580. The van der Waals surface area contributed by atoms with E-state index in [0.29, 0.717) is 74.7 Å². The molecule has 1 saturated carbocycles. The molecule has 7 heterocycles. The molecule has 2 bridgehead atoms. The number of carbonyl (C=O) groups excluding carboxylic acids is 3. The van der Waals surface area contributed by atoms with Crippen LogP contribution >= 0.6 is 0 Å². The molecule has 10 rings (SSSR count). The highest BCUT2D eigenvalue weighted by Gasteiger charge is 2.80. The number of aliphatic hydroxyl groups is 1. The van der Waals surface area contributed by atoms with Gasteiger partial charge in [0.2, 0.25) is 11.5 Å². The Morgan fingerprint density at radius 1 is 1.00 bits per heavy atom. The van der Waals surface area contributed by atoms with Gasteiger partial charge in [-0.2, -0.15) is 0 Å². The van der Waals surface area contributed by atoms with Gasteiger partial charge in [-0.3, -0.25) is 19.4 Å². The zero-order valence-corrected chi connectivity index (χ0v) is 42.4. The number of esters is 3. The molecule has 6 aliphatic heterocycles. The number of fused-ring (bicyclic) bond motifs is 6. The minimum atomic E-state index is -2.95. The van der Waals surface area contributed by atoms with Gasteiger partial charge in [0.25, 0.3) is 0 Å². The lowest BCUT2D eigenvalue weighted by Gasteiger charge is -2.63. The van der Waals surface area contributed by atoms with Crippen molar-refractivity contribution in [2.75, 3.05) is 105 Å². The molecule has 1 aliphatic carbocycles. The highest BCUT2D eigenvalue weighted by atomic mass is 19.3. The predicted octanol–water partition coefficient (Wildman–Crippen LogP) is 4.93. The lowest BCUT2D eigenvalue weighted by atomic mass is 9.47. The van der Waals surface area contributed by atoms with Crippen molar-refractivity contribution < 1.29 is 52.0 Å². The van der Waals surface area contributed by atoms with Gasteiger partial charge in [-0.25, -0.2) is 13.6 Å². The lowest BCUT2D eigenvalue weighted by molar-refractivity contribution is -0.228. The third kappa shape index (κ3) is 7.72. The first-order valence-corrected chi connectivity index (χ1v) is 25.7. The summed E-state index contributed by atoms with van der Waals surface area (Å²) >= 11 is 0. The highest BCUT2D eigenvalue weighted by Crippen LogP contribution is 2.68. The number of piperidine rings is 1. The number of aromatic nitrogens is 1. The number of hydrogen-bond donors (Lipinski definition) is 3. The largest absolute Gasteiger partial charge is 0.496 e. The van der Waals surface area contributed by atoms with E-state index in [1.807, 2.05) is 43.2 Å². The minimum Gasteiger partial charge on any atom is -0.496 e. The van der Waals surface area contributed by atoms with Crippen LogP contribution in [0.3, 0.4) is 0 Å². The second kappa shape index (κ2) is 18.7. The van der Waals surface area contributed by atoms with Gasteiger partial charge in [0.15, 0.2) is 6.10 Å². The van der Waals surface area contributed by atoms with E-state index < -0.39 is 63.7 Å². The maximum absolute atomic E-state index is 15.6. The van der Waals surface area contributed by atoms with Crippen molar-refractivity contribution in [3.63, 3.8) is 0 Å². The van der Waals surface area contributed by atoms with Crippen LogP contribution in [0.1, 0.15) is 80.8 Å². The average Bonchev–Trinajstić information content (AvgIpc) is 4.02. The van der Waals surface area contributed by atoms with E-state index in [1.165, 1.54) is 21.1 Å². The summed E-state index contributed by atoms with van der Waals surface area (Å²) in [7, 11) is 6.00. The minimum absolute atomic E-state index is 0.138.